The molecule has 1 aliphatic rings. The van der Waals surface area contributed by atoms with E-state index < -0.39 is 6.09 Å². The second-order valence-electron chi connectivity index (χ2n) is 8.01. The quantitative estimate of drug-likeness (QED) is 0.533. The summed E-state index contributed by atoms with van der Waals surface area (Å²) in [6.07, 6.45) is 0.302. The van der Waals surface area contributed by atoms with Crippen LogP contribution in [-0.4, -0.2) is 47.8 Å². The molecule has 1 aromatic heterocycles. The van der Waals surface area contributed by atoms with Gasteiger partial charge in [-0.15, -0.1) is 0 Å². The Morgan fingerprint density at radius 1 is 1.09 bits per heavy atom. The van der Waals surface area contributed by atoms with Gasteiger partial charge < -0.3 is 19.7 Å². The average molecular weight is 449 g/mol. The molecule has 2 heterocycles. The summed E-state index contributed by atoms with van der Waals surface area (Å²) in [4.78, 5) is 29.1. The van der Waals surface area contributed by atoms with Gasteiger partial charge in [-0.2, -0.15) is 15.0 Å². The highest BCUT2D eigenvalue weighted by molar-refractivity contribution is 5.88. The monoisotopic (exact) mass is 448 g/mol. The van der Waals surface area contributed by atoms with Crippen molar-refractivity contribution in [2.45, 2.75) is 32.4 Å². The molecule has 0 bridgehead atoms. The van der Waals surface area contributed by atoms with Crippen LogP contribution in [0.5, 0.6) is 11.5 Å². The molecule has 2 aromatic carbocycles. The van der Waals surface area contributed by atoms with E-state index in [-0.39, 0.29) is 18.0 Å². The second-order valence-corrected chi connectivity index (χ2v) is 8.01. The fourth-order valence-corrected chi connectivity index (χ4v) is 3.46. The maximum atomic E-state index is 12.3. The molecule has 0 radical (unpaired) electrons. The lowest BCUT2D eigenvalue weighted by Gasteiger charge is -2.22. The van der Waals surface area contributed by atoms with Crippen molar-refractivity contribution in [3.63, 3.8) is 0 Å². The lowest BCUT2D eigenvalue weighted by atomic mass is 10.1. The fourth-order valence-electron chi connectivity index (χ4n) is 3.46. The Hall–Kier alpha value is -3.88. The highest BCUT2D eigenvalue weighted by Gasteiger charge is 2.35. The molecule has 2 atom stereocenters. The smallest absolute Gasteiger partial charge is 0.417 e. The molecule has 1 N–H and O–H groups in total. The number of amides is 1. The minimum absolute atomic E-state index is 0.0893. The van der Waals surface area contributed by atoms with Crippen molar-refractivity contribution < 1.29 is 14.3 Å². The van der Waals surface area contributed by atoms with Crippen LogP contribution in [0.1, 0.15) is 31.9 Å². The number of benzene rings is 2. The normalized spacial score (nSPS) is 16.3. The van der Waals surface area contributed by atoms with E-state index in [4.69, 9.17) is 9.47 Å². The van der Waals surface area contributed by atoms with Crippen molar-refractivity contribution in [2.75, 3.05) is 35.8 Å². The first-order valence-electron chi connectivity index (χ1n) is 10.9. The Morgan fingerprint density at radius 2 is 1.79 bits per heavy atom. The molecule has 4 rings (SSSR count). The molecule has 0 aliphatic carbocycles. The Kier molecular flexibility index (Phi) is 6.58. The summed E-state index contributed by atoms with van der Waals surface area (Å²) in [5.74, 6) is 2.67. The van der Waals surface area contributed by atoms with Crippen LogP contribution in [0.2, 0.25) is 0 Å². The standard InChI is InChI=1S/C24H28N6O3/c1-5-18-15-32-24(31)30(18)23-27-21(26-22(28-23)29(3)4)25-16(2)17-11-13-20(14-12-17)33-19-9-7-6-8-10-19/h6-14,16,18H,5,15H2,1-4H3,(H,25,26,27,28)/t16-,18?/m0/s1. The van der Waals surface area contributed by atoms with E-state index in [0.717, 1.165) is 23.5 Å². The average Bonchev–Trinajstić information content (AvgIpc) is 3.20. The molecule has 9 heteroatoms. The van der Waals surface area contributed by atoms with E-state index in [1.807, 2.05) is 82.5 Å². The molecule has 1 unspecified atom stereocenters. The number of rotatable bonds is 8. The number of aromatic nitrogens is 3. The molecular weight excluding hydrogens is 420 g/mol. The summed E-state index contributed by atoms with van der Waals surface area (Å²) in [5, 5.41) is 3.33. The van der Waals surface area contributed by atoms with Crippen LogP contribution < -0.4 is 19.9 Å². The molecule has 9 nitrogen and oxygen atoms in total. The fraction of sp³-hybridized carbons (Fsp3) is 0.333. The third kappa shape index (κ3) is 5.14. The molecular formula is C24H28N6O3. The summed E-state index contributed by atoms with van der Waals surface area (Å²) in [6, 6.07) is 17.3. The van der Waals surface area contributed by atoms with E-state index in [1.165, 1.54) is 4.90 Å². The summed E-state index contributed by atoms with van der Waals surface area (Å²) < 4.78 is 11.1. The van der Waals surface area contributed by atoms with Crippen molar-refractivity contribution in [2.24, 2.45) is 0 Å². The van der Waals surface area contributed by atoms with Crippen molar-refractivity contribution in [3.05, 3.63) is 60.2 Å². The van der Waals surface area contributed by atoms with E-state index in [2.05, 4.69) is 20.3 Å². The maximum absolute atomic E-state index is 12.3. The van der Waals surface area contributed by atoms with Crippen LogP contribution in [0.15, 0.2) is 54.6 Å². The zero-order valence-corrected chi connectivity index (χ0v) is 19.2. The number of anilines is 3. The minimum Gasteiger partial charge on any atom is -0.457 e. The summed E-state index contributed by atoms with van der Waals surface area (Å²) in [6.45, 7) is 4.35. The molecule has 1 fully saturated rings. The van der Waals surface area contributed by atoms with Crippen LogP contribution in [0.25, 0.3) is 0 Å². The molecule has 1 amide bonds. The van der Waals surface area contributed by atoms with Gasteiger partial charge in [0.2, 0.25) is 17.8 Å². The van der Waals surface area contributed by atoms with Gasteiger partial charge in [-0.3, -0.25) is 0 Å². The van der Waals surface area contributed by atoms with Gasteiger partial charge in [-0.05, 0) is 43.2 Å². The largest absolute Gasteiger partial charge is 0.457 e. The van der Waals surface area contributed by atoms with Gasteiger partial charge in [-0.1, -0.05) is 37.3 Å². The Bertz CT molecular complexity index is 1090. The molecule has 1 saturated heterocycles. The van der Waals surface area contributed by atoms with Crippen LogP contribution >= 0.6 is 0 Å². The van der Waals surface area contributed by atoms with E-state index in [0.29, 0.717) is 18.5 Å². The van der Waals surface area contributed by atoms with Crippen LogP contribution in [0.3, 0.4) is 0 Å². The van der Waals surface area contributed by atoms with E-state index in [9.17, 15) is 4.79 Å². The first-order valence-corrected chi connectivity index (χ1v) is 10.9. The maximum Gasteiger partial charge on any atom is 0.417 e. The summed E-state index contributed by atoms with van der Waals surface area (Å²) >= 11 is 0. The molecule has 3 aromatic rings. The van der Waals surface area contributed by atoms with Gasteiger partial charge in [0.15, 0.2) is 0 Å². The SMILES string of the molecule is CCC1COC(=O)N1c1nc(N[C@@H](C)c2ccc(Oc3ccccc3)cc2)nc(N(C)C)n1. The summed E-state index contributed by atoms with van der Waals surface area (Å²) in [5.41, 5.74) is 1.04. The second kappa shape index (κ2) is 9.72. The molecule has 33 heavy (non-hydrogen) atoms. The number of hydrogen-bond donors (Lipinski definition) is 1. The number of hydrogen-bond acceptors (Lipinski definition) is 8. The molecule has 0 saturated carbocycles. The number of carbonyl (C=O) groups is 1. The van der Waals surface area contributed by atoms with Crippen molar-refractivity contribution in [3.8, 4) is 11.5 Å². The molecule has 172 valence electrons. The van der Waals surface area contributed by atoms with E-state index in [1.54, 1.807) is 4.90 Å². The van der Waals surface area contributed by atoms with Gasteiger partial charge in [0.1, 0.15) is 18.1 Å². The molecule has 0 spiro atoms. The number of nitrogens with zero attached hydrogens (tertiary/aromatic N) is 5. The van der Waals surface area contributed by atoms with Gasteiger partial charge in [0.25, 0.3) is 0 Å². The number of ether oxygens (including phenoxy) is 2. The summed E-state index contributed by atoms with van der Waals surface area (Å²) in [7, 11) is 3.69. The highest BCUT2D eigenvalue weighted by Crippen LogP contribution is 2.27. The first-order chi connectivity index (χ1) is 15.9. The van der Waals surface area contributed by atoms with Crippen molar-refractivity contribution >= 4 is 23.9 Å². The van der Waals surface area contributed by atoms with Gasteiger partial charge in [0, 0.05) is 14.1 Å². The van der Waals surface area contributed by atoms with Crippen LogP contribution in [-0.2, 0) is 4.74 Å². The predicted molar refractivity (Wildman–Crippen MR) is 127 cm³/mol. The van der Waals surface area contributed by atoms with Gasteiger partial charge >= 0.3 is 6.09 Å². The highest BCUT2D eigenvalue weighted by atomic mass is 16.6. The van der Waals surface area contributed by atoms with Gasteiger partial charge in [0.05, 0.1) is 12.1 Å². The Morgan fingerprint density at radius 3 is 2.45 bits per heavy atom. The zero-order chi connectivity index (χ0) is 23.4. The number of para-hydroxylation sites is 1. The number of carbonyl (C=O) groups excluding carboxylic acids is 1. The first kappa shape index (κ1) is 22.3. The zero-order valence-electron chi connectivity index (χ0n) is 19.2. The Labute approximate surface area is 193 Å². The number of nitrogens with one attached hydrogen (secondary N) is 1. The minimum atomic E-state index is -0.439. The van der Waals surface area contributed by atoms with Crippen molar-refractivity contribution in [1.82, 2.24) is 15.0 Å². The van der Waals surface area contributed by atoms with Crippen molar-refractivity contribution in [1.29, 1.82) is 0 Å². The third-order valence-electron chi connectivity index (χ3n) is 5.36. The van der Waals surface area contributed by atoms with Crippen LogP contribution in [0.4, 0.5) is 22.6 Å². The Balaban J connectivity index is 1.53. The third-order valence-corrected chi connectivity index (χ3v) is 5.36. The lowest BCUT2D eigenvalue weighted by Crippen LogP contribution is -2.35. The topological polar surface area (TPSA) is 92.7 Å². The van der Waals surface area contributed by atoms with E-state index >= 15 is 0 Å². The predicted octanol–water partition coefficient (Wildman–Crippen LogP) is 4.64. The van der Waals surface area contributed by atoms with Gasteiger partial charge in [-0.25, -0.2) is 9.69 Å². The van der Waals surface area contributed by atoms with Crippen LogP contribution in [0, 0.1) is 0 Å². The number of cyclic esters (lactones) is 1. The molecule has 1 aliphatic heterocycles. The lowest BCUT2D eigenvalue weighted by molar-refractivity contribution is 0.178.